The van der Waals surface area contributed by atoms with Crippen molar-refractivity contribution in [1.29, 1.82) is 0 Å². The topological polar surface area (TPSA) is 57.6 Å². The van der Waals surface area contributed by atoms with Gasteiger partial charge in [-0.15, -0.1) is 0 Å². The number of carbonyl (C=O) groups is 2. The molecular formula is C16H25NO3S. The van der Waals surface area contributed by atoms with E-state index in [9.17, 15) is 14.7 Å². The second-order valence-electron chi connectivity index (χ2n) is 6.69. The van der Waals surface area contributed by atoms with Crippen molar-refractivity contribution in [3.05, 3.63) is 0 Å². The molecule has 2 saturated carbocycles. The van der Waals surface area contributed by atoms with E-state index in [2.05, 4.69) is 4.90 Å². The molecule has 1 amide bonds. The summed E-state index contributed by atoms with van der Waals surface area (Å²) in [6, 6.07) is 0.412. The average molecular weight is 311 g/mol. The number of fused-ring (bicyclic) bond motifs is 1. The maximum absolute atomic E-state index is 12.9. The van der Waals surface area contributed by atoms with Crippen molar-refractivity contribution < 1.29 is 14.7 Å². The van der Waals surface area contributed by atoms with Crippen LogP contribution in [-0.4, -0.2) is 45.5 Å². The lowest BCUT2D eigenvalue weighted by molar-refractivity contribution is -0.146. The first kappa shape index (κ1) is 15.2. The fourth-order valence-electron chi connectivity index (χ4n) is 4.24. The van der Waals surface area contributed by atoms with E-state index in [1.54, 1.807) is 0 Å². The molecule has 3 fully saturated rings. The second kappa shape index (κ2) is 6.59. The molecule has 1 heterocycles. The highest BCUT2D eigenvalue weighted by atomic mass is 32.2. The van der Waals surface area contributed by atoms with Crippen LogP contribution in [0.25, 0.3) is 0 Å². The normalized spacial score (nSPS) is 36.9. The Morgan fingerprint density at radius 1 is 1.00 bits per heavy atom. The average Bonchev–Trinajstić information content (AvgIpc) is 2.53. The third kappa shape index (κ3) is 3.22. The first-order chi connectivity index (χ1) is 10.2. The van der Waals surface area contributed by atoms with Gasteiger partial charge in [0.1, 0.15) is 0 Å². The van der Waals surface area contributed by atoms with E-state index < -0.39 is 5.97 Å². The zero-order valence-electron chi connectivity index (χ0n) is 12.5. The Balaban J connectivity index is 1.67. The van der Waals surface area contributed by atoms with Crippen molar-refractivity contribution in [2.75, 3.05) is 12.3 Å². The molecule has 4 atom stereocenters. The number of thioether (sulfide) groups is 1. The second-order valence-corrected chi connectivity index (χ2v) is 8.04. The molecule has 0 radical (unpaired) electrons. The molecule has 118 valence electrons. The van der Waals surface area contributed by atoms with Crippen LogP contribution in [0, 0.1) is 11.8 Å². The molecule has 3 aliphatic rings. The van der Waals surface area contributed by atoms with Crippen LogP contribution in [0.1, 0.15) is 51.4 Å². The number of carboxylic acids is 1. The lowest BCUT2D eigenvalue weighted by Crippen LogP contribution is -2.53. The summed E-state index contributed by atoms with van der Waals surface area (Å²) in [5, 5.41) is 9.83. The zero-order chi connectivity index (χ0) is 14.8. The van der Waals surface area contributed by atoms with Crippen LogP contribution in [0.5, 0.6) is 0 Å². The van der Waals surface area contributed by atoms with Gasteiger partial charge in [-0.3, -0.25) is 9.59 Å². The smallest absolute Gasteiger partial charge is 0.306 e. The number of rotatable bonds is 2. The van der Waals surface area contributed by atoms with E-state index >= 15 is 0 Å². The Hall–Kier alpha value is -0.710. The third-order valence-electron chi connectivity index (χ3n) is 5.39. The maximum Gasteiger partial charge on any atom is 0.306 e. The Bertz CT molecular complexity index is 412. The summed E-state index contributed by atoms with van der Waals surface area (Å²) in [6.45, 7) is 0.860. The highest BCUT2D eigenvalue weighted by molar-refractivity contribution is 8.00. The van der Waals surface area contributed by atoms with Crippen LogP contribution in [0.2, 0.25) is 0 Å². The maximum atomic E-state index is 12.9. The number of hydrogen-bond acceptors (Lipinski definition) is 3. The van der Waals surface area contributed by atoms with Crippen LogP contribution in [-0.2, 0) is 9.59 Å². The van der Waals surface area contributed by atoms with Crippen LogP contribution in [0.4, 0.5) is 0 Å². The Labute approximate surface area is 130 Å². The molecule has 0 bridgehead atoms. The van der Waals surface area contributed by atoms with Gasteiger partial charge in [0, 0.05) is 29.5 Å². The number of nitrogens with zero attached hydrogens (tertiary/aromatic N) is 1. The monoisotopic (exact) mass is 311 g/mol. The molecular weight excluding hydrogens is 286 g/mol. The van der Waals surface area contributed by atoms with Crippen molar-refractivity contribution in [2.24, 2.45) is 11.8 Å². The van der Waals surface area contributed by atoms with Gasteiger partial charge in [0.15, 0.2) is 0 Å². The molecule has 21 heavy (non-hydrogen) atoms. The van der Waals surface area contributed by atoms with Gasteiger partial charge in [-0.1, -0.05) is 19.3 Å². The molecule has 1 N–H and O–H groups in total. The van der Waals surface area contributed by atoms with Crippen molar-refractivity contribution in [3.63, 3.8) is 0 Å². The molecule has 1 aliphatic heterocycles. The van der Waals surface area contributed by atoms with Gasteiger partial charge in [0.25, 0.3) is 0 Å². The van der Waals surface area contributed by atoms with E-state index in [0.717, 1.165) is 38.0 Å². The predicted molar refractivity (Wildman–Crippen MR) is 83.3 cm³/mol. The minimum absolute atomic E-state index is 0.0504. The van der Waals surface area contributed by atoms with Gasteiger partial charge in [-0.25, -0.2) is 0 Å². The lowest BCUT2D eigenvalue weighted by atomic mass is 9.80. The Morgan fingerprint density at radius 3 is 2.57 bits per heavy atom. The number of hydrogen-bond donors (Lipinski definition) is 1. The van der Waals surface area contributed by atoms with Crippen molar-refractivity contribution >= 4 is 23.6 Å². The largest absolute Gasteiger partial charge is 0.481 e. The predicted octanol–water partition coefficient (Wildman–Crippen LogP) is 2.76. The van der Waals surface area contributed by atoms with E-state index in [-0.39, 0.29) is 17.7 Å². The molecule has 0 aromatic carbocycles. The minimum atomic E-state index is -0.725. The van der Waals surface area contributed by atoms with Crippen LogP contribution in [0.15, 0.2) is 0 Å². The SMILES string of the molecule is O=C(O)C1CCCC(C(=O)N2CCSC3CCCCC32)C1. The molecule has 4 nitrogen and oxygen atoms in total. The zero-order valence-corrected chi connectivity index (χ0v) is 13.3. The molecule has 0 aromatic heterocycles. The number of carboxylic acid groups (broad SMARTS) is 1. The summed E-state index contributed by atoms with van der Waals surface area (Å²) in [5.74, 6) is 0.206. The summed E-state index contributed by atoms with van der Waals surface area (Å²) in [4.78, 5) is 26.2. The summed E-state index contributed by atoms with van der Waals surface area (Å²) in [5.41, 5.74) is 0. The van der Waals surface area contributed by atoms with Crippen LogP contribution >= 0.6 is 11.8 Å². The lowest BCUT2D eigenvalue weighted by Gasteiger charge is -2.45. The van der Waals surface area contributed by atoms with Gasteiger partial charge in [-0.2, -0.15) is 11.8 Å². The molecule has 4 unspecified atom stereocenters. The fraction of sp³-hybridized carbons (Fsp3) is 0.875. The van der Waals surface area contributed by atoms with Gasteiger partial charge in [0.05, 0.1) is 5.92 Å². The van der Waals surface area contributed by atoms with Crippen LogP contribution in [0.3, 0.4) is 0 Å². The molecule has 2 aliphatic carbocycles. The van der Waals surface area contributed by atoms with Crippen molar-refractivity contribution in [3.8, 4) is 0 Å². The Kier molecular flexibility index (Phi) is 4.77. The first-order valence-electron chi connectivity index (χ1n) is 8.31. The van der Waals surface area contributed by atoms with E-state index in [1.165, 1.54) is 19.3 Å². The fourth-order valence-corrected chi connectivity index (χ4v) is 5.69. The van der Waals surface area contributed by atoms with Gasteiger partial charge in [-0.05, 0) is 32.1 Å². The highest BCUT2D eigenvalue weighted by Crippen LogP contribution is 2.38. The summed E-state index contributed by atoms with van der Waals surface area (Å²) in [6.07, 6.45) is 7.94. The van der Waals surface area contributed by atoms with E-state index in [0.29, 0.717) is 17.7 Å². The molecule has 0 spiro atoms. The van der Waals surface area contributed by atoms with Gasteiger partial charge in [0.2, 0.25) is 5.91 Å². The molecule has 3 rings (SSSR count). The van der Waals surface area contributed by atoms with Crippen LogP contribution < -0.4 is 0 Å². The number of carbonyl (C=O) groups excluding carboxylic acids is 1. The Morgan fingerprint density at radius 2 is 1.76 bits per heavy atom. The highest BCUT2D eigenvalue weighted by Gasteiger charge is 2.40. The third-order valence-corrected chi connectivity index (χ3v) is 6.78. The summed E-state index contributed by atoms with van der Waals surface area (Å²) in [7, 11) is 0. The molecule has 5 heteroatoms. The minimum Gasteiger partial charge on any atom is -0.481 e. The van der Waals surface area contributed by atoms with Gasteiger partial charge >= 0.3 is 5.97 Å². The molecule has 0 aromatic rings. The first-order valence-corrected chi connectivity index (χ1v) is 9.36. The quantitative estimate of drug-likeness (QED) is 0.852. The number of aliphatic carboxylic acids is 1. The summed E-state index contributed by atoms with van der Waals surface area (Å²) < 4.78 is 0. The van der Waals surface area contributed by atoms with Gasteiger partial charge < -0.3 is 10.0 Å². The van der Waals surface area contributed by atoms with Crippen molar-refractivity contribution in [2.45, 2.75) is 62.7 Å². The van der Waals surface area contributed by atoms with E-state index in [4.69, 9.17) is 0 Å². The summed E-state index contributed by atoms with van der Waals surface area (Å²) >= 11 is 2.03. The molecule has 1 saturated heterocycles. The standard InChI is InChI=1S/C16H25NO3S/c18-15(11-4-3-5-12(10-11)16(19)20)17-8-9-21-14-7-2-1-6-13(14)17/h11-14H,1-10H2,(H,19,20). The number of amides is 1. The van der Waals surface area contributed by atoms with Crippen molar-refractivity contribution in [1.82, 2.24) is 4.90 Å². The van der Waals surface area contributed by atoms with E-state index in [1.807, 2.05) is 11.8 Å².